The average Bonchev–Trinajstić information content (AvgIpc) is 2.96. The summed E-state index contributed by atoms with van der Waals surface area (Å²) in [5.74, 6) is 0.447. The van der Waals surface area contributed by atoms with Gasteiger partial charge in [0.25, 0.3) is 0 Å². The molecule has 1 heterocycles. The Kier molecular flexibility index (Phi) is 5.14. The van der Waals surface area contributed by atoms with Crippen molar-refractivity contribution < 1.29 is 9.84 Å². The topological polar surface area (TPSA) is 70.5 Å². The van der Waals surface area contributed by atoms with Crippen molar-refractivity contribution in [3.05, 3.63) is 30.5 Å². The van der Waals surface area contributed by atoms with E-state index in [1.54, 1.807) is 0 Å². The van der Waals surface area contributed by atoms with Crippen LogP contribution in [0.2, 0.25) is 0 Å². The Bertz CT molecular complexity index is 519. The number of aromatic nitrogens is 2. The smallest absolute Gasteiger partial charge is 0.245 e. The van der Waals surface area contributed by atoms with Crippen molar-refractivity contribution in [3.63, 3.8) is 0 Å². The van der Waals surface area contributed by atoms with Gasteiger partial charge in [0.1, 0.15) is 18.9 Å². The number of nitrogens with zero attached hydrogens (tertiary/aromatic N) is 3. The molecule has 1 unspecified atom stereocenters. The van der Waals surface area contributed by atoms with Crippen LogP contribution in [-0.2, 0) is 0 Å². The van der Waals surface area contributed by atoms with Gasteiger partial charge in [0.05, 0.1) is 23.1 Å². The van der Waals surface area contributed by atoms with E-state index >= 15 is 0 Å². The molecular formula is C13H18N4O2S. The van der Waals surface area contributed by atoms with Gasteiger partial charge >= 0.3 is 0 Å². The molecule has 0 spiro atoms. The second-order valence-electron chi connectivity index (χ2n) is 4.50. The van der Waals surface area contributed by atoms with Crippen LogP contribution in [0, 0.1) is 0 Å². The third kappa shape index (κ3) is 4.07. The monoisotopic (exact) mass is 294 g/mol. The lowest BCUT2D eigenvalue weighted by Gasteiger charge is -2.19. The lowest BCUT2D eigenvalue weighted by atomic mass is 10.2. The van der Waals surface area contributed by atoms with E-state index < -0.39 is 6.10 Å². The highest BCUT2D eigenvalue weighted by molar-refractivity contribution is 6.99. The molecule has 1 aromatic heterocycles. The summed E-state index contributed by atoms with van der Waals surface area (Å²) in [6.45, 7) is 0.588. The lowest BCUT2D eigenvalue weighted by molar-refractivity contribution is 0.115. The maximum Gasteiger partial charge on any atom is 0.245 e. The number of nitrogens with one attached hydrogen (secondary N) is 1. The quantitative estimate of drug-likeness (QED) is 0.805. The minimum absolute atomic E-state index is 0.183. The number of ether oxygens (including phenoxy) is 1. The first-order valence-electron chi connectivity index (χ1n) is 6.25. The Morgan fingerprint density at radius 1 is 1.40 bits per heavy atom. The highest BCUT2D eigenvalue weighted by Gasteiger charge is 2.08. The normalized spacial score (nSPS) is 11.9. The second kappa shape index (κ2) is 7.06. The van der Waals surface area contributed by atoms with E-state index in [4.69, 9.17) is 4.74 Å². The zero-order valence-corrected chi connectivity index (χ0v) is 12.3. The standard InChI is InChI=1S/C13H18N4O2S/c1-17(2)12-6-4-3-5-11(12)14-7-10(18)9-19-13-8-15-20-16-13/h3-6,8,10,14,18H,7,9H2,1-2H3. The minimum atomic E-state index is -0.619. The molecule has 0 saturated heterocycles. The highest BCUT2D eigenvalue weighted by Crippen LogP contribution is 2.23. The average molecular weight is 294 g/mol. The van der Waals surface area contributed by atoms with Crippen LogP contribution in [0.25, 0.3) is 0 Å². The number of para-hydroxylation sites is 2. The second-order valence-corrected chi connectivity index (χ2v) is 5.06. The van der Waals surface area contributed by atoms with Crippen molar-refractivity contribution in [3.8, 4) is 5.88 Å². The Morgan fingerprint density at radius 3 is 2.90 bits per heavy atom. The number of anilines is 2. The van der Waals surface area contributed by atoms with Gasteiger partial charge in [0, 0.05) is 20.6 Å². The number of rotatable bonds is 7. The molecule has 6 nitrogen and oxygen atoms in total. The SMILES string of the molecule is CN(C)c1ccccc1NCC(O)COc1cnsn1. The van der Waals surface area contributed by atoms with E-state index in [0.717, 1.165) is 23.1 Å². The molecule has 0 bridgehead atoms. The fourth-order valence-electron chi connectivity index (χ4n) is 1.70. The molecule has 0 aliphatic carbocycles. The zero-order chi connectivity index (χ0) is 14.4. The van der Waals surface area contributed by atoms with Gasteiger partial charge in [0.15, 0.2) is 0 Å². The molecule has 0 aliphatic rings. The van der Waals surface area contributed by atoms with Gasteiger partial charge in [0.2, 0.25) is 5.88 Å². The van der Waals surface area contributed by atoms with E-state index in [0.29, 0.717) is 12.4 Å². The van der Waals surface area contributed by atoms with Crippen LogP contribution in [0.4, 0.5) is 11.4 Å². The van der Waals surface area contributed by atoms with Crippen molar-refractivity contribution in [2.24, 2.45) is 0 Å². The summed E-state index contributed by atoms with van der Waals surface area (Å²) in [5.41, 5.74) is 2.05. The molecule has 2 N–H and O–H groups in total. The summed E-state index contributed by atoms with van der Waals surface area (Å²) >= 11 is 1.08. The third-order valence-corrected chi connectivity index (χ3v) is 3.14. The van der Waals surface area contributed by atoms with E-state index in [9.17, 15) is 5.11 Å². The van der Waals surface area contributed by atoms with Crippen LogP contribution >= 0.6 is 11.7 Å². The fraction of sp³-hybridized carbons (Fsp3) is 0.385. The largest absolute Gasteiger partial charge is 0.473 e. The molecule has 2 aromatic rings. The summed E-state index contributed by atoms with van der Waals surface area (Å²) in [7, 11) is 3.96. The van der Waals surface area contributed by atoms with Gasteiger partial charge in [-0.15, -0.1) is 4.37 Å². The Balaban J connectivity index is 1.82. The van der Waals surface area contributed by atoms with Crippen molar-refractivity contribution in [2.75, 3.05) is 37.5 Å². The van der Waals surface area contributed by atoms with Gasteiger partial charge in [-0.25, -0.2) is 0 Å². The first-order chi connectivity index (χ1) is 9.66. The van der Waals surface area contributed by atoms with Crippen molar-refractivity contribution >= 4 is 23.1 Å². The molecule has 0 radical (unpaired) electrons. The van der Waals surface area contributed by atoms with Crippen molar-refractivity contribution in [1.82, 2.24) is 8.75 Å². The highest BCUT2D eigenvalue weighted by atomic mass is 32.1. The first kappa shape index (κ1) is 14.5. The van der Waals surface area contributed by atoms with Gasteiger partial charge in [-0.2, -0.15) is 4.37 Å². The summed E-state index contributed by atoms with van der Waals surface area (Å²) in [6, 6.07) is 7.94. The molecule has 0 saturated carbocycles. The van der Waals surface area contributed by atoms with Crippen molar-refractivity contribution in [2.45, 2.75) is 6.10 Å². The summed E-state index contributed by atoms with van der Waals surface area (Å²) in [4.78, 5) is 2.02. The van der Waals surface area contributed by atoms with Crippen LogP contribution in [0.1, 0.15) is 0 Å². The van der Waals surface area contributed by atoms with Gasteiger partial charge in [-0.3, -0.25) is 0 Å². The number of hydrogen-bond donors (Lipinski definition) is 2. The van der Waals surface area contributed by atoms with E-state index in [2.05, 4.69) is 14.1 Å². The summed E-state index contributed by atoms with van der Waals surface area (Å²) in [5, 5.41) is 13.1. The molecule has 0 amide bonds. The molecule has 7 heteroatoms. The molecule has 1 atom stereocenters. The Hall–Kier alpha value is -1.86. The van der Waals surface area contributed by atoms with Gasteiger partial charge in [-0.1, -0.05) is 12.1 Å². The first-order valence-corrected chi connectivity index (χ1v) is 6.98. The zero-order valence-electron chi connectivity index (χ0n) is 11.5. The van der Waals surface area contributed by atoms with Crippen LogP contribution in [0.3, 0.4) is 0 Å². The van der Waals surface area contributed by atoms with Gasteiger partial charge in [-0.05, 0) is 12.1 Å². The van der Waals surface area contributed by atoms with Crippen LogP contribution in [0.15, 0.2) is 30.5 Å². The fourth-order valence-corrected chi connectivity index (χ4v) is 2.07. The number of aliphatic hydroxyl groups excluding tert-OH is 1. The predicted molar refractivity (Wildman–Crippen MR) is 80.7 cm³/mol. The van der Waals surface area contributed by atoms with E-state index in [1.165, 1.54) is 6.20 Å². The number of aliphatic hydroxyl groups is 1. The maximum absolute atomic E-state index is 9.89. The minimum Gasteiger partial charge on any atom is -0.473 e. The summed E-state index contributed by atoms with van der Waals surface area (Å²) in [6.07, 6.45) is 0.915. The molecule has 0 aliphatic heterocycles. The Morgan fingerprint density at radius 2 is 2.20 bits per heavy atom. The lowest BCUT2D eigenvalue weighted by Crippen LogP contribution is -2.27. The molecule has 2 rings (SSSR count). The maximum atomic E-state index is 9.89. The molecular weight excluding hydrogens is 276 g/mol. The van der Waals surface area contributed by atoms with Crippen LogP contribution in [0.5, 0.6) is 5.88 Å². The molecule has 108 valence electrons. The predicted octanol–water partition coefficient (Wildman–Crippen LogP) is 1.46. The van der Waals surface area contributed by atoms with E-state index in [1.807, 2.05) is 43.3 Å². The molecule has 0 fully saturated rings. The van der Waals surface area contributed by atoms with Gasteiger partial charge < -0.3 is 20.1 Å². The molecule has 1 aromatic carbocycles. The number of hydrogen-bond acceptors (Lipinski definition) is 7. The number of benzene rings is 1. The Labute approximate surface area is 122 Å². The third-order valence-electron chi connectivity index (χ3n) is 2.68. The van der Waals surface area contributed by atoms with Crippen LogP contribution < -0.4 is 15.0 Å². The summed E-state index contributed by atoms with van der Waals surface area (Å²) < 4.78 is 13.1. The van der Waals surface area contributed by atoms with Crippen LogP contribution in [-0.4, -0.2) is 47.2 Å². The van der Waals surface area contributed by atoms with E-state index in [-0.39, 0.29) is 6.61 Å². The van der Waals surface area contributed by atoms with Crippen molar-refractivity contribution in [1.29, 1.82) is 0 Å². The molecule has 20 heavy (non-hydrogen) atoms.